The van der Waals surface area contributed by atoms with Crippen LogP contribution in [0.4, 0.5) is 16.2 Å². The lowest BCUT2D eigenvalue weighted by atomic mass is 10.2. The number of anilines is 2. The Bertz CT molecular complexity index is 716. The SMILES string of the molecule is CCN(c1ccccc1)[C@@H]1SC(=O)N(c2ccc(C)cc2)C1=O. The van der Waals surface area contributed by atoms with E-state index in [1.54, 1.807) is 0 Å². The van der Waals surface area contributed by atoms with Crippen molar-refractivity contribution in [3.05, 3.63) is 60.2 Å². The van der Waals surface area contributed by atoms with Crippen molar-refractivity contribution in [3.8, 4) is 0 Å². The van der Waals surface area contributed by atoms with Gasteiger partial charge in [-0.25, -0.2) is 4.90 Å². The number of likely N-dealkylation sites (N-methyl/N-ethyl adjacent to an activating group) is 1. The van der Waals surface area contributed by atoms with E-state index in [1.165, 1.54) is 4.90 Å². The molecule has 2 aromatic carbocycles. The second-order valence-corrected chi connectivity index (χ2v) is 6.40. The number of hydrogen-bond donors (Lipinski definition) is 0. The third kappa shape index (κ3) is 2.97. The number of carbonyl (C=O) groups excluding carboxylic acids is 2. The van der Waals surface area contributed by atoms with Gasteiger partial charge in [0.1, 0.15) is 0 Å². The summed E-state index contributed by atoms with van der Waals surface area (Å²) in [7, 11) is 0. The molecule has 23 heavy (non-hydrogen) atoms. The quantitative estimate of drug-likeness (QED) is 0.850. The maximum atomic E-state index is 12.8. The van der Waals surface area contributed by atoms with Crippen LogP contribution in [0, 0.1) is 6.92 Å². The predicted molar refractivity (Wildman–Crippen MR) is 94.9 cm³/mol. The van der Waals surface area contributed by atoms with Gasteiger partial charge in [0.2, 0.25) is 0 Å². The summed E-state index contributed by atoms with van der Waals surface area (Å²) in [4.78, 5) is 28.4. The van der Waals surface area contributed by atoms with Gasteiger partial charge in [-0.3, -0.25) is 9.59 Å². The zero-order valence-electron chi connectivity index (χ0n) is 13.1. The Kier molecular flexibility index (Phi) is 4.39. The van der Waals surface area contributed by atoms with Gasteiger partial charge in [-0.15, -0.1) is 0 Å². The van der Waals surface area contributed by atoms with Gasteiger partial charge < -0.3 is 4.90 Å². The highest BCUT2D eigenvalue weighted by Crippen LogP contribution is 2.35. The van der Waals surface area contributed by atoms with E-state index in [2.05, 4.69) is 0 Å². The number of para-hydroxylation sites is 1. The molecule has 0 aromatic heterocycles. The van der Waals surface area contributed by atoms with E-state index < -0.39 is 5.37 Å². The largest absolute Gasteiger partial charge is 0.351 e. The van der Waals surface area contributed by atoms with Crippen molar-refractivity contribution in [1.29, 1.82) is 0 Å². The van der Waals surface area contributed by atoms with Crippen molar-refractivity contribution in [3.63, 3.8) is 0 Å². The number of aryl methyl sites for hydroxylation is 1. The summed E-state index contributed by atoms with van der Waals surface area (Å²) < 4.78 is 0. The predicted octanol–water partition coefficient (Wildman–Crippen LogP) is 4.05. The van der Waals surface area contributed by atoms with Crippen LogP contribution < -0.4 is 9.80 Å². The lowest BCUT2D eigenvalue weighted by Gasteiger charge is -2.27. The molecular weight excluding hydrogens is 308 g/mol. The average Bonchev–Trinajstić information content (AvgIpc) is 2.85. The normalized spacial score (nSPS) is 17.7. The van der Waals surface area contributed by atoms with Crippen LogP contribution in [0.2, 0.25) is 0 Å². The molecule has 1 aliphatic rings. The molecule has 1 fully saturated rings. The fourth-order valence-corrected chi connectivity index (χ4v) is 3.72. The second kappa shape index (κ2) is 6.46. The van der Waals surface area contributed by atoms with Crippen molar-refractivity contribution >= 4 is 34.3 Å². The van der Waals surface area contributed by atoms with Crippen molar-refractivity contribution in [2.24, 2.45) is 0 Å². The summed E-state index contributed by atoms with van der Waals surface area (Å²) in [5.74, 6) is -0.186. The molecule has 118 valence electrons. The minimum absolute atomic E-state index is 0.186. The number of imide groups is 1. The molecule has 0 bridgehead atoms. The molecule has 0 aliphatic carbocycles. The molecule has 0 unspecified atom stereocenters. The molecule has 0 spiro atoms. The van der Waals surface area contributed by atoms with Crippen molar-refractivity contribution < 1.29 is 9.59 Å². The zero-order chi connectivity index (χ0) is 16.4. The number of nitrogens with zero attached hydrogens (tertiary/aromatic N) is 2. The summed E-state index contributed by atoms with van der Waals surface area (Å²) in [6, 6.07) is 17.1. The maximum Gasteiger partial charge on any atom is 0.295 e. The highest BCUT2D eigenvalue weighted by Gasteiger charge is 2.43. The molecule has 1 atom stereocenters. The van der Waals surface area contributed by atoms with Crippen LogP contribution >= 0.6 is 11.8 Å². The number of rotatable bonds is 4. The van der Waals surface area contributed by atoms with Crippen molar-refractivity contribution in [1.82, 2.24) is 0 Å². The first-order chi connectivity index (χ1) is 11.1. The van der Waals surface area contributed by atoms with E-state index in [9.17, 15) is 9.59 Å². The van der Waals surface area contributed by atoms with Crippen LogP contribution in [-0.4, -0.2) is 23.1 Å². The Labute approximate surface area is 140 Å². The zero-order valence-corrected chi connectivity index (χ0v) is 13.9. The fourth-order valence-electron chi connectivity index (χ4n) is 2.63. The van der Waals surface area contributed by atoms with Crippen LogP contribution in [0.15, 0.2) is 54.6 Å². The summed E-state index contributed by atoms with van der Waals surface area (Å²) in [6.07, 6.45) is 0. The average molecular weight is 326 g/mol. The molecule has 0 radical (unpaired) electrons. The first kappa shape index (κ1) is 15.6. The van der Waals surface area contributed by atoms with Gasteiger partial charge in [0.15, 0.2) is 5.37 Å². The van der Waals surface area contributed by atoms with Gasteiger partial charge in [-0.05, 0) is 49.9 Å². The van der Waals surface area contributed by atoms with Gasteiger partial charge in [0.05, 0.1) is 5.69 Å². The lowest BCUT2D eigenvalue weighted by molar-refractivity contribution is -0.117. The monoisotopic (exact) mass is 326 g/mol. The highest BCUT2D eigenvalue weighted by molar-refractivity contribution is 8.16. The number of amides is 2. The summed E-state index contributed by atoms with van der Waals surface area (Å²) >= 11 is 1.07. The topological polar surface area (TPSA) is 40.6 Å². The smallest absolute Gasteiger partial charge is 0.295 e. The maximum absolute atomic E-state index is 12.8. The van der Waals surface area contributed by atoms with Crippen molar-refractivity contribution in [2.45, 2.75) is 19.2 Å². The highest BCUT2D eigenvalue weighted by atomic mass is 32.2. The van der Waals surface area contributed by atoms with Crippen LogP contribution in [0.5, 0.6) is 0 Å². The molecular formula is C18H18N2O2S. The second-order valence-electron chi connectivity index (χ2n) is 5.37. The summed E-state index contributed by atoms with van der Waals surface area (Å²) in [6.45, 7) is 4.62. The standard InChI is InChI=1S/C18H18N2O2S/c1-3-19(14-7-5-4-6-8-14)17-16(21)20(18(22)23-17)15-11-9-13(2)10-12-15/h4-12,17H,3H2,1-2H3/t17-/m1/s1. The molecule has 1 heterocycles. The van der Waals surface area contributed by atoms with E-state index in [-0.39, 0.29) is 11.1 Å². The molecule has 5 heteroatoms. The van der Waals surface area contributed by atoms with Crippen LogP contribution in [0.25, 0.3) is 0 Å². The molecule has 3 rings (SSSR count). The van der Waals surface area contributed by atoms with E-state index in [1.807, 2.05) is 73.3 Å². The van der Waals surface area contributed by atoms with E-state index in [0.717, 1.165) is 23.0 Å². The number of benzene rings is 2. The molecule has 0 saturated carbocycles. The molecule has 2 aromatic rings. The third-order valence-electron chi connectivity index (χ3n) is 3.83. The Hall–Kier alpha value is -2.27. The van der Waals surface area contributed by atoms with Gasteiger partial charge in [-0.2, -0.15) is 0 Å². The van der Waals surface area contributed by atoms with Gasteiger partial charge in [-0.1, -0.05) is 35.9 Å². The van der Waals surface area contributed by atoms with Crippen LogP contribution in [-0.2, 0) is 4.79 Å². The summed E-state index contributed by atoms with van der Waals surface area (Å²) in [5, 5.41) is -0.741. The van der Waals surface area contributed by atoms with E-state index in [0.29, 0.717) is 12.2 Å². The number of carbonyl (C=O) groups is 2. The van der Waals surface area contributed by atoms with Crippen LogP contribution in [0.1, 0.15) is 12.5 Å². The Morgan fingerprint density at radius 2 is 1.70 bits per heavy atom. The molecule has 2 amide bonds. The third-order valence-corrected chi connectivity index (χ3v) is 4.89. The number of hydrogen-bond acceptors (Lipinski definition) is 4. The Morgan fingerprint density at radius 1 is 1.04 bits per heavy atom. The van der Waals surface area contributed by atoms with Crippen molar-refractivity contribution in [2.75, 3.05) is 16.3 Å². The van der Waals surface area contributed by atoms with Gasteiger partial charge in [0.25, 0.3) is 11.1 Å². The lowest BCUT2D eigenvalue weighted by Crippen LogP contribution is -2.41. The molecule has 1 aliphatic heterocycles. The van der Waals surface area contributed by atoms with Gasteiger partial charge in [0, 0.05) is 12.2 Å². The Morgan fingerprint density at radius 3 is 2.30 bits per heavy atom. The Balaban J connectivity index is 1.90. The molecule has 4 nitrogen and oxygen atoms in total. The van der Waals surface area contributed by atoms with Gasteiger partial charge >= 0.3 is 0 Å². The van der Waals surface area contributed by atoms with Crippen LogP contribution in [0.3, 0.4) is 0 Å². The van der Waals surface area contributed by atoms with E-state index in [4.69, 9.17) is 0 Å². The minimum Gasteiger partial charge on any atom is -0.351 e. The first-order valence-electron chi connectivity index (χ1n) is 7.54. The molecule has 1 saturated heterocycles. The summed E-state index contributed by atoms with van der Waals surface area (Å²) in [5.41, 5.74) is 2.67. The minimum atomic E-state index is -0.517. The first-order valence-corrected chi connectivity index (χ1v) is 8.42. The van der Waals surface area contributed by atoms with E-state index >= 15 is 0 Å². The molecule has 0 N–H and O–H groups in total. The number of thioether (sulfide) groups is 1. The fraction of sp³-hybridized carbons (Fsp3) is 0.222.